The van der Waals surface area contributed by atoms with Crippen LogP contribution in [0.1, 0.15) is 29.3 Å². The average molecular weight is 349 g/mol. The molecule has 134 valence electrons. The molecular weight excluding hydrogens is 326 g/mol. The molecule has 0 aliphatic carbocycles. The molecule has 0 saturated carbocycles. The van der Waals surface area contributed by atoms with Crippen molar-refractivity contribution >= 4 is 16.8 Å². The number of fused-ring (bicyclic) bond motifs is 1. The average Bonchev–Trinajstić information content (AvgIpc) is 2.67. The molecule has 0 radical (unpaired) electrons. The molecule has 0 aliphatic heterocycles. The lowest BCUT2D eigenvalue weighted by Crippen LogP contribution is -2.26. The standard InChI is InChI=1S/C21H23N3O2/c1-3-26-14-6-13-22-21(25)19-17-7-4-5-8-18(17)23-24-20(19)16-11-9-15(2)10-12-16/h4-5,7-12H,3,6,13-14H2,1-2H3,(H,22,25). The number of aromatic nitrogens is 2. The molecule has 0 aliphatic rings. The van der Waals surface area contributed by atoms with Gasteiger partial charge in [0.05, 0.1) is 11.1 Å². The molecule has 5 heteroatoms. The Hall–Kier alpha value is -2.79. The van der Waals surface area contributed by atoms with Crippen molar-refractivity contribution in [2.45, 2.75) is 20.3 Å². The molecule has 1 amide bonds. The van der Waals surface area contributed by atoms with Gasteiger partial charge in [0.1, 0.15) is 5.69 Å². The van der Waals surface area contributed by atoms with Crippen LogP contribution in [-0.4, -0.2) is 35.9 Å². The second-order valence-electron chi connectivity index (χ2n) is 6.11. The lowest BCUT2D eigenvalue weighted by atomic mass is 10.0. The third-order valence-corrected chi connectivity index (χ3v) is 4.18. The highest BCUT2D eigenvalue weighted by Crippen LogP contribution is 2.27. The van der Waals surface area contributed by atoms with Crippen LogP contribution in [0.4, 0.5) is 0 Å². The van der Waals surface area contributed by atoms with E-state index in [4.69, 9.17) is 4.74 Å². The highest BCUT2D eigenvalue weighted by molar-refractivity contribution is 6.10. The van der Waals surface area contributed by atoms with E-state index in [-0.39, 0.29) is 5.91 Å². The normalized spacial score (nSPS) is 10.8. The molecule has 2 aromatic carbocycles. The Labute approximate surface area is 153 Å². The molecule has 5 nitrogen and oxygen atoms in total. The molecule has 0 bridgehead atoms. The van der Waals surface area contributed by atoms with Crippen molar-refractivity contribution in [3.8, 4) is 11.3 Å². The predicted octanol–water partition coefficient (Wildman–Crippen LogP) is 3.76. The van der Waals surface area contributed by atoms with Crippen LogP contribution >= 0.6 is 0 Å². The maximum absolute atomic E-state index is 12.9. The zero-order valence-electron chi connectivity index (χ0n) is 15.2. The number of rotatable bonds is 7. The van der Waals surface area contributed by atoms with Gasteiger partial charge in [0.15, 0.2) is 0 Å². The van der Waals surface area contributed by atoms with Gasteiger partial charge in [-0.05, 0) is 26.3 Å². The van der Waals surface area contributed by atoms with Crippen molar-refractivity contribution in [1.29, 1.82) is 0 Å². The second kappa shape index (κ2) is 8.54. The van der Waals surface area contributed by atoms with Crippen molar-refractivity contribution in [3.63, 3.8) is 0 Å². The first kappa shape index (κ1) is 18.0. The molecule has 0 spiro atoms. The van der Waals surface area contributed by atoms with Gasteiger partial charge in [-0.15, -0.1) is 10.2 Å². The van der Waals surface area contributed by atoms with Crippen LogP contribution in [0, 0.1) is 6.92 Å². The van der Waals surface area contributed by atoms with Crippen LogP contribution < -0.4 is 5.32 Å². The molecule has 1 heterocycles. The van der Waals surface area contributed by atoms with E-state index >= 15 is 0 Å². The Morgan fingerprint density at radius 3 is 2.62 bits per heavy atom. The first-order valence-electron chi connectivity index (χ1n) is 8.89. The summed E-state index contributed by atoms with van der Waals surface area (Å²) < 4.78 is 5.32. The summed E-state index contributed by atoms with van der Waals surface area (Å²) in [5.41, 5.74) is 3.92. The number of ether oxygens (including phenoxy) is 1. The number of hydrogen-bond acceptors (Lipinski definition) is 4. The number of carbonyl (C=O) groups excluding carboxylic acids is 1. The first-order valence-corrected chi connectivity index (χ1v) is 8.89. The summed E-state index contributed by atoms with van der Waals surface area (Å²) in [6.07, 6.45) is 0.774. The van der Waals surface area contributed by atoms with Crippen LogP contribution in [0.15, 0.2) is 48.5 Å². The Morgan fingerprint density at radius 2 is 1.85 bits per heavy atom. The number of nitrogens with one attached hydrogen (secondary N) is 1. The van der Waals surface area contributed by atoms with Gasteiger partial charge in [0, 0.05) is 30.7 Å². The number of hydrogen-bond donors (Lipinski definition) is 1. The highest BCUT2D eigenvalue weighted by Gasteiger charge is 2.18. The Kier molecular flexibility index (Phi) is 5.92. The van der Waals surface area contributed by atoms with Crippen LogP contribution in [0.2, 0.25) is 0 Å². The number of amides is 1. The number of carbonyl (C=O) groups is 1. The third kappa shape index (κ3) is 4.06. The van der Waals surface area contributed by atoms with E-state index in [1.165, 1.54) is 0 Å². The van der Waals surface area contributed by atoms with E-state index in [0.29, 0.717) is 36.5 Å². The molecule has 0 fully saturated rings. The van der Waals surface area contributed by atoms with Crippen LogP contribution in [0.5, 0.6) is 0 Å². The maximum atomic E-state index is 12.9. The van der Waals surface area contributed by atoms with E-state index in [2.05, 4.69) is 15.5 Å². The second-order valence-corrected chi connectivity index (χ2v) is 6.11. The monoisotopic (exact) mass is 349 g/mol. The summed E-state index contributed by atoms with van der Waals surface area (Å²) in [7, 11) is 0. The Bertz CT molecular complexity index is 891. The van der Waals surface area contributed by atoms with E-state index in [1.54, 1.807) is 0 Å². The quantitative estimate of drug-likeness (QED) is 0.660. The zero-order valence-corrected chi connectivity index (χ0v) is 15.2. The molecule has 0 atom stereocenters. The van der Waals surface area contributed by atoms with Crippen LogP contribution in [0.3, 0.4) is 0 Å². The van der Waals surface area contributed by atoms with Gasteiger partial charge in [0.25, 0.3) is 5.91 Å². The van der Waals surface area contributed by atoms with Crippen molar-refractivity contribution in [1.82, 2.24) is 15.5 Å². The summed E-state index contributed by atoms with van der Waals surface area (Å²) in [6, 6.07) is 15.6. The third-order valence-electron chi connectivity index (χ3n) is 4.18. The Balaban J connectivity index is 1.96. The summed E-state index contributed by atoms with van der Waals surface area (Å²) >= 11 is 0. The lowest BCUT2D eigenvalue weighted by Gasteiger charge is -2.12. The van der Waals surface area contributed by atoms with Gasteiger partial charge in [-0.1, -0.05) is 48.0 Å². The van der Waals surface area contributed by atoms with Gasteiger partial charge in [0.2, 0.25) is 0 Å². The molecule has 1 N–H and O–H groups in total. The summed E-state index contributed by atoms with van der Waals surface area (Å²) in [6.45, 7) is 5.87. The van der Waals surface area contributed by atoms with Crippen molar-refractivity contribution < 1.29 is 9.53 Å². The van der Waals surface area contributed by atoms with Crippen molar-refractivity contribution in [3.05, 3.63) is 59.7 Å². The lowest BCUT2D eigenvalue weighted by molar-refractivity contribution is 0.0946. The van der Waals surface area contributed by atoms with Gasteiger partial charge >= 0.3 is 0 Å². The molecule has 0 unspecified atom stereocenters. The van der Waals surface area contributed by atoms with Crippen molar-refractivity contribution in [2.75, 3.05) is 19.8 Å². The summed E-state index contributed by atoms with van der Waals surface area (Å²) in [5, 5.41) is 12.4. The molecule has 3 rings (SSSR count). The van der Waals surface area contributed by atoms with Gasteiger partial charge in [-0.25, -0.2) is 0 Å². The molecule has 3 aromatic rings. The number of benzene rings is 2. The fourth-order valence-corrected chi connectivity index (χ4v) is 2.81. The van der Waals surface area contributed by atoms with E-state index in [0.717, 1.165) is 22.9 Å². The van der Waals surface area contributed by atoms with Crippen LogP contribution in [0.25, 0.3) is 22.2 Å². The molecule has 1 aromatic heterocycles. The van der Waals surface area contributed by atoms with E-state index < -0.39 is 0 Å². The van der Waals surface area contributed by atoms with E-state index in [1.807, 2.05) is 62.4 Å². The molecule has 0 saturated heterocycles. The highest BCUT2D eigenvalue weighted by atomic mass is 16.5. The number of aryl methyl sites for hydroxylation is 1. The van der Waals surface area contributed by atoms with Gasteiger partial charge in [-0.2, -0.15) is 0 Å². The molecule has 26 heavy (non-hydrogen) atoms. The fourth-order valence-electron chi connectivity index (χ4n) is 2.81. The zero-order chi connectivity index (χ0) is 18.4. The number of nitrogens with zero attached hydrogens (tertiary/aromatic N) is 2. The summed E-state index contributed by atoms with van der Waals surface area (Å²) in [4.78, 5) is 12.9. The minimum atomic E-state index is -0.136. The minimum absolute atomic E-state index is 0.136. The largest absolute Gasteiger partial charge is 0.382 e. The maximum Gasteiger partial charge on any atom is 0.254 e. The molecular formula is C21H23N3O2. The topological polar surface area (TPSA) is 64.1 Å². The minimum Gasteiger partial charge on any atom is -0.382 e. The van der Waals surface area contributed by atoms with Crippen LogP contribution in [-0.2, 0) is 4.74 Å². The SMILES string of the molecule is CCOCCCNC(=O)c1c(-c2ccc(C)cc2)nnc2ccccc12. The summed E-state index contributed by atoms with van der Waals surface area (Å²) in [5.74, 6) is -0.136. The first-order chi connectivity index (χ1) is 12.7. The van der Waals surface area contributed by atoms with Gasteiger partial charge in [-0.3, -0.25) is 4.79 Å². The van der Waals surface area contributed by atoms with Crippen molar-refractivity contribution in [2.24, 2.45) is 0 Å². The fraction of sp³-hybridized carbons (Fsp3) is 0.286. The van der Waals surface area contributed by atoms with Gasteiger partial charge < -0.3 is 10.1 Å². The predicted molar refractivity (Wildman–Crippen MR) is 103 cm³/mol. The van der Waals surface area contributed by atoms with E-state index in [9.17, 15) is 4.79 Å². The Morgan fingerprint density at radius 1 is 1.08 bits per heavy atom. The smallest absolute Gasteiger partial charge is 0.254 e.